The number of nitrogens with one attached hydrogen (secondary N) is 1. The van der Waals surface area contributed by atoms with Crippen LogP contribution in [0.4, 0.5) is 0 Å². The highest BCUT2D eigenvalue weighted by Gasteiger charge is 2.62. The molecule has 2 rings (SSSR count). The predicted octanol–water partition coefficient (Wildman–Crippen LogP) is -0.990. The number of aromatic amines is 1. The third-order valence-electron chi connectivity index (χ3n) is 4.01. The lowest BCUT2D eigenvalue weighted by molar-refractivity contribution is -0.142. The SMILES string of the molecule is COC1C(O[P+](=O)S)C(COP(=O)(O)O)(COP(=O)(O)O)O[C@H]1n1ccc(=O)[nH]c1=O. The molecule has 4 atom stereocenters. The van der Waals surface area contributed by atoms with Gasteiger partial charge in [0.1, 0.15) is 18.4 Å². The third kappa shape index (κ3) is 7.11. The van der Waals surface area contributed by atoms with Gasteiger partial charge in [-0.25, -0.2) is 13.9 Å². The minimum atomic E-state index is -5.16. The highest BCUT2D eigenvalue weighted by molar-refractivity contribution is 8.39. The molecule has 0 radical (unpaired) electrons. The molecule has 0 aliphatic carbocycles. The maximum Gasteiger partial charge on any atom is 0.582 e. The van der Waals surface area contributed by atoms with Gasteiger partial charge in [-0.2, -0.15) is 0 Å². The van der Waals surface area contributed by atoms with Crippen molar-refractivity contribution in [2.24, 2.45) is 0 Å². The van der Waals surface area contributed by atoms with Gasteiger partial charge in [0.15, 0.2) is 17.9 Å². The molecule has 1 aromatic heterocycles. The fourth-order valence-electron chi connectivity index (χ4n) is 2.82. The van der Waals surface area contributed by atoms with Gasteiger partial charge in [0.05, 0.1) is 13.2 Å². The van der Waals surface area contributed by atoms with Gasteiger partial charge in [-0.05, 0) is 4.57 Å². The van der Waals surface area contributed by atoms with E-state index < -0.39 is 71.4 Å². The first-order valence-corrected chi connectivity index (χ1v) is 13.3. The average molecular weight is 527 g/mol. The number of hydrogen-bond acceptors (Lipinski definition) is 10. The van der Waals surface area contributed by atoms with Crippen LogP contribution >= 0.6 is 35.1 Å². The largest absolute Gasteiger partial charge is 0.582 e. The van der Waals surface area contributed by atoms with Crippen molar-refractivity contribution in [1.82, 2.24) is 9.55 Å². The Morgan fingerprint density at radius 3 is 2.19 bits per heavy atom. The lowest BCUT2D eigenvalue weighted by Crippen LogP contribution is -2.51. The van der Waals surface area contributed by atoms with Crippen molar-refractivity contribution < 1.29 is 56.3 Å². The Morgan fingerprint density at radius 2 is 1.77 bits per heavy atom. The zero-order valence-corrected chi connectivity index (χ0v) is 19.0. The first-order chi connectivity index (χ1) is 14.2. The molecule has 1 fully saturated rings. The van der Waals surface area contributed by atoms with E-state index in [9.17, 15) is 23.3 Å². The molecule has 0 spiro atoms. The zero-order chi connectivity index (χ0) is 23.6. The Hall–Kier alpha value is -0.770. The van der Waals surface area contributed by atoms with Crippen LogP contribution in [-0.2, 0) is 36.7 Å². The van der Waals surface area contributed by atoms with Gasteiger partial charge < -0.3 is 29.0 Å². The number of hydrogen-bond donors (Lipinski definition) is 6. The zero-order valence-electron chi connectivity index (χ0n) is 15.4. The molecule has 3 unspecified atom stereocenters. The van der Waals surface area contributed by atoms with Gasteiger partial charge in [0.2, 0.25) is 0 Å². The monoisotopic (exact) mass is 527 g/mol. The van der Waals surface area contributed by atoms with Gasteiger partial charge in [-0.15, -0.1) is 4.52 Å². The molecule has 5 N–H and O–H groups in total. The van der Waals surface area contributed by atoms with Crippen molar-refractivity contribution in [2.45, 2.75) is 24.0 Å². The van der Waals surface area contributed by atoms with Crippen molar-refractivity contribution in [3.63, 3.8) is 0 Å². The quantitative estimate of drug-likeness (QED) is 0.158. The van der Waals surface area contributed by atoms with E-state index in [4.69, 9.17) is 33.6 Å². The Balaban J connectivity index is 2.60. The second-order valence-electron chi connectivity index (χ2n) is 6.08. The third-order valence-corrected chi connectivity index (χ3v) is 5.63. The summed E-state index contributed by atoms with van der Waals surface area (Å²) >= 11 is 3.60. The average Bonchev–Trinajstić information content (AvgIpc) is 2.90. The fourth-order valence-corrected chi connectivity index (χ4v) is 4.40. The van der Waals surface area contributed by atoms with Crippen molar-refractivity contribution in [3.8, 4) is 0 Å². The summed E-state index contributed by atoms with van der Waals surface area (Å²) < 4.78 is 59.8. The Kier molecular flexibility index (Phi) is 8.55. The Bertz CT molecular complexity index is 989. The van der Waals surface area contributed by atoms with Crippen LogP contribution in [0.2, 0.25) is 0 Å². The summed E-state index contributed by atoms with van der Waals surface area (Å²) in [5.74, 6) is 0. The summed E-state index contributed by atoms with van der Waals surface area (Å²) in [6.45, 7) is -2.21. The van der Waals surface area contributed by atoms with Crippen LogP contribution in [0.3, 0.4) is 0 Å². The topological polar surface area (TPSA) is 233 Å². The molecule has 1 aromatic rings. The van der Waals surface area contributed by atoms with Crippen LogP contribution in [0.25, 0.3) is 0 Å². The fraction of sp³-hybridized carbons (Fsp3) is 0.636. The summed E-state index contributed by atoms with van der Waals surface area (Å²) in [4.78, 5) is 61.8. The molecule has 1 saturated heterocycles. The van der Waals surface area contributed by atoms with Crippen LogP contribution in [0.1, 0.15) is 6.23 Å². The Morgan fingerprint density at radius 1 is 1.23 bits per heavy atom. The molecule has 1 aliphatic rings. The number of ether oxygens (including phenoxy) is 2. The molecule has 1 aliphatic heterocycles. The molecule has 0 bridgehead atoms. The lowest BCUT2D eigenvalue weighted by atomic mass is 9.97. The number of H-pyrrole nitrogens is 1. The summed E-state index contributed by atoms with van der Waals surface area (Å²) in [6, 6.07) is 0.949. The number of rotatable bonds is 10. The van der Waals surface area contributed by atoms with E-state index >= 15 is 0 Å². The molecule has 176 valence electrons. The van der Waals surface area contributed by atoms with Gasteiger partial charge in [0.25, 0.3) is 5.56 Å². The summed E-state index contributed by atoms with van der Waals surface area (Å²) in [5, 5.41) is 0. The minimum absolute atomic E-state index is 0.750. The molecule has 20 heteroatoms. The molecule has 0 saturated carbocycles. The Labute approximate surface area is 178 Å². The highest BCUT2D eigenvalue weighted by Crippen LogP contribution is 2.49. The maximum atomic E-state index is 12.2. The van der Waals surface area contributed by atoms with Gasteiger partial charge in [-0.3, -0.25) is 23.4 Å². The first kappa shape index (κ1) is 26.5. The van der Waals surface area contributed by atoms with E-state index in [0.717, 1.165) is 23.9 Å². The van der Waals surface area contributed by atoms with E-state index in [2.05, 4.69) is 21.3 Å². The van der Waals surface area contributed by atoms with Gasteiger partial charge in [0, 0.05) is 19.4 Å². The van der Waals surface area contributed by atoms with Crippen LogP contribution in [0, 0.1) is 0 Å². The standard InChI is InChI=1S/C11H17N2O14P3S/c1-23-7-8(27-28(16)31)11(4-24-29(17,18)19,5-25-30(20,21)22)26-9(7)13-3-2-6(14)12-10(13)15/h2-3,7-9H,4-5H2,1H3,(H5-,12,14,15,16,17,18,19,20,21,22,31)/p+1/t7?,8?,9-/m1/s1. The van der Waals surface area contributed by atoms with Gasteiger partial charge in [-0.1, -0.05) is 0 Å². The summed E-state index contributed by atoms with van der Waals surface area (Å²) in [5.41, 5.74) is -4.01. The predicted molar refractivity (Wildman–Crippen MR) is 102 cm³/mol. The number of phosphoric ester groups is 2. The minimum Gasteiger partial charge on any atom is -0.374 e. The van der Waals surface area contributed by atoms with E-state index in [-0.39, 0.29) is 0 Å². The van der Waals surface area contributed by atoms with E-state index in [0.29, 0.717) is 0 Å². The second kappa shape index (κ2) is 10.0. The van der Waals surface area contributed by atoms with E-state index in [1.54, 1.807) is 0 Å². The van der Waals surface area contributed by atoms with Crippen molar-refractivity contribution in [2.75, 3.05) is 20.3 Å². The maximum absolute atomic E-state index is 12.2. The number of aromatic nitrogens is 2. The molecular weight excluding hydrogens is 509 g/mol. The molecule has 0 aromatic carbocycles. The van der Waals surface area contributed by atoms with Crippen LogP contribution in [0.5, 0.6) is 0 Å². The van der Waals surface area contributed by atoms with E-state index in [1.807, 2.05) is 4.98 Å². The normalized spacial score (nSPS) is 24.3. The van der Waals surface area contributed by atoms with Crippen molar-refractivity contribution in [1.29, 1.82) is 0 Å². The number of methoxy groups -OCH3 is 1. The molecule has 2 heterocycles. The number of phosphoric acid groups is 2. The van der Waals surface area contributed by atoms with Gasteiger partial charge >= 0.3 is 28.6 Å². The number of nitrogens with zero attached hydrogens (tertiary/aromatic N) is 1. The summed E-state index contributed by atoms with van der Waals surface area (Å²) in [7, 11) is -11.9. The lowest BCUT2D eigenvalue weighted by Gasteiger charge is -2.31. The van der Waals surface area contributed by atoms with Crippen molar-refractivity contribution >= 4 is 35.1 Å². The number of thiol groups is 1. The van der Waals surface area contributed by atoms with Crippen LogP contribution in [-0.4, -0.2) is 67.3 Å². The molecule has 16 nitrogen and oxygen atoms in total. The van der Waals surface area contributed by atoms with Crippen molar-refractivity contribution in [3.05, 3.63) is 33.1 Å². The highest BCUT2D eigenvalue weighted by atomic mass is 32.7. The first-order valence-electron chi connectivity index (χ1n) is 7.92. The molecule has 0 amide bonds. The second-order valence-corrected chi connectivity index (χ2v) is 10.2. The van der Waals surface area contributed by atoms with Crippen LogP contribution < -0.4 is 11.2 Å². The van der Waals surface area contributed by atoms with Crippen LogP contribution in [0.15, 0.2) is 21.9 Å². The smallest absolute Gasteiger partial charge is 0.374 e. The molecular formula is C11H18N2O14P3S+. The summed E-state index contributed by atoms with van der Waals surface area (Å²) in [6.07, 6.45) is -3.53. The molecule has 31 heavy (non-hydrogen) atoms. The van der Waals surface area contributed by atoms with E-state index in [1.165, 1.54) is 0 Å².